The van der Waals surface area contributed by atoms with Gasteiger partial charge in [-0.2, -0.15) is 0 Å². The van der Waals surface area contributed by atoms with Crippen LogP contribution in [0.4, 0.5) is 4.79 Å². The van der Waals surface area contributed by atoms with Crippen molar-refractivity contribution in [2.24, 2.45) is 39.7 Å². The predicted octanol–water partition coefficient (Wildman–Crippen LogP) is 2.41. The summed E-state index contributed by atoms with van der Waals surface area (Å²) >= 11 is 0. The summed E-state index contributed by atoms with van der Waals surface area (Å²) in [4.78, 5) is 67.7. The Morgan fingerprint density at radius 3 is 2.04 bits per heavy atom. The number of hydrogen-bond acceptors (Lipinski definition) is 7. The van der Waals surface area contributed by atoms with Crippen molar-refractivity contribution in [2.75, 3.05) is 12.3 Å². The van der Waals surface area contributed by atoms with E-state index in [1.807, 2.05) is 34.6 Å². The maximum atomic E-state index is 14.3. The molecule has 1 aromatic rings. The summed E-state index contributed by atoms with van der Waals surface area (Å²) in [6.45, 7) is 15.2. The number of piperidine rings is 1. The molecule has 5 amide bonds. The largest absolute Gasteiger partial charge is 0.363 e. The predicted molar refractivity (Wildman–Crippen MR) is 176 cm³/mol. The molecule has 3 fully saturated rings. The van der Waals surface area contributed by atoms with E-state index in [1.165, 1.54) is 17.0 Å². The number of primary amides is 1. The molecule has 1 heterocycles. The van der Waals surface area contributed by atoms with Crippen LogP contribution in [0, 0.1) is 34.0 Å². The Hall–Kier alpha value is -3.48. The molecule has 12 nitrogen and oxygen atoms in total. The lowest BCUT2D eigenvalue weighted by atomic mass is 9.85. The van der Waals surface area contributed by atoms with E-state index in [9.17, 15) is 32.4 Å². The lowest BCUT2D eigenvalue weighted by Gasteiger charge is -2.38. The van der Waals surface area contributed by atoms with Gasteiger partial charge in [0.05, 0.1) is 16.7 Å². The summed E-state index contributed by atoms with van der Waals surface area (Å²) in [7, 11) is -3.74. The van der Waals surface area contributed by atoms with Crippen LogP contribution in [0.2, 0.25) is 0 Å². The summed E-state index contributed by atoms with van der Waals surface area (Å²) in [5.41, 5.74) is 3.64. The molecule has 2 saturated carbocycles. The fourth-order valence-electron chi connectivity index (χ4n) is 6.76. The Morgan fingerprint density at radius 2 is 1.53 bits per heavy atom. The summed E-state index contributed by atoms with van der Waals surface area (Å²) in [6.07, 6.45) is 2.12. The first-order valence-corrected chi connectivity index (χ1v) is 18.0. The third-order valence-corrected chi connectivity index (χ3v) is 11.9. The highest BCUT2D eigenvalue weighted by atomic mass is 32.2. The standard InChI is InChI=1S/C34H51N5O7S/c1-32(2,3)23(18-47(45,46)20-12-10-9-11-13-20)37-31(44)38-27(33(4,5)6)30(43)39-17-21-24(34(21,7)8)25(39)29(42)36-22(16-19-14-15-19)26(40)28(35)41/h9-13,19,21-25,27H,14-18H2,1-8H3,(H2,35,41)(H,36,42)(H2,37,38,44)/t21?,22?,23?,24-,25-,27+/m0/s1. The summed E-state index contributed by atoms with van der Waals surface area (Å²) in [6, 6.07) is 3.48. The topological polar surface area (TPSA) is 185 Å². The number of hydrogen-bond donors (Lipinski definition) is 4. The van der Waals surface area contributed by atoms with E-state index in [2.05, 4.69) is 16.0 Å². The molecule has 6 atom stereocenters. The summed E-state index contributed by atoms with van der Waals surface area (Å²) in [5.74, 6) is -3.20. The Kier molecular flexibility index (Phi) is 9.94. The lowest BCUT2D eigenvalue weighted by Crippen LogP contribution is -2.62. The zero-order valence-electron chi connectivity index (χ0n) is 28.8. The number of sulfone groups is 1. The van der Waals surface area contributed by atoms with Crippen LogP contribution >= 0.6 is 0 Å². The number of ketones is 1. The number of carbonyl (C=O) groups excluding carboxylic acids is 5. The van der Waals surface area contributed by atoms with Crippen LogP contribution in [0.25, 0.3) is 0 Å². The number of benzene rings is 1. The number of Topliss-reactive ketones (excluding diaryl/α,β-unsaturated/α-hetero) is 1. The van der Waals surface area contributed by atoms with Gasteiger partial charge < -0.3 is 26.6 Å². The normalized spacial score (nSPS) is 23.9. The van der Waals surface area contributed by atoms with Gasteiger partial charge in [-0.05, 0) is 52.6 Å². The maximum Gasteiger partial charge on any atom is 0.315 e. The van der Waals surface area contributed by atoms with Crippen molar-refractivity contribution in [3.63, 3.8) is 0 Å². The van der Waals surface area contributed by atoms with Crippen LogP contribution in [-0.4, -0.2) is 79.3 Å². The minimum absolute atomic E-state index is 0.0406. The molecule has 0 spiro atoms. The van der Waals surface area contributed by atoms with Gasteiger partial charge in [0.1, 0.15) is 12.1 Å². The molecular weight excluding hydrogens is 622 g/mol. The van der Waals surface area contributed by atoms with Crippen LogP contribution < -0.4 is 21.7 Å². The molecule has 1 saturated heterocycles. The zero-order valence-corrected chi connectivity index (χ0v) is 29.6. The van der Waals surface area contributed by atoms with Gasteiger partial charge in [0, 0.05) is 12.6 Å². The van der Waals surface area contributed by atoms with E-state index in [1.54, 1.807) is 39.0 Å². The number of nitrogens with zero attached hydrogens (tertiary/aromatic N) is 1. The van der Waals surface area contributed by atoms with Gasteiger partial charge in [-0.15, -0.1) is 0 Å². The molecular formula is C34H51N5O7S. The maximum absolute atomic E-state index is 14.3. The third kappa shape index (κ3) is 8.16. The van der Waals surface area contributed by atoms with Crippen molar-refractivity contribution in [2.45, 2.75) is 104 Å². The average molecular weight is 674 g/mol. The van der Waals surface area contributed by atoms with E-state index in [-0.39, 0.29) is 33.8 Å². The van der Waals surface area contributed by atoms with Crippen LogP contribution in [0.1, 0.15) is 74.7 Å². The molecule has 47 heavy (non-hydrogen) atoms. The summed E-state index contributed by atoms with van der Waals surface area (Å²) < 4.78 is 26.4. The monoisotopic (exact) mass is 673 g/mol. The highest BCUT2D eigenvalue weighted by Crippen LogP contribution is 2.65. The first-order valence-electron chi connectivity index (χ1n) is 16.3. The molecule has 3 aliphatic rings. The quantitative estimate of drug-likeness (QED) is 0.246. The number of carbonyl (C=O) groups is 5. The number of likely N-dealkylation sites (tertiary alicyclic amines) is 1. The molecule has 260 valence electrons. The van der Waals surface area contributed by atoms with Gasteiger partial charge in [0.25, 0.3) is 5.91 Å². The Bertz CT molecular complexity index is 1510. The van der Waals surface area contributed by atoms with E-state index < -0.39 is 74.4 Å². The molecule has 1 aromatic carbocycles. The van der Waals surface area contributed by atoms with Gasteiger partial charge >= 0.3 is 6.03 Å². The molecule has 5 N–H and O–H groups in total. The highest BCUT2D eigenvalue weighted by Gasteiger charge is 2.70. The number of urea groups is 1. The fourth-order valence-corrected chi connectivity index (χ4v) is 8.54. The minimum atomic E-state index is -3.74. The number of rotatable bonds is 12. The van der Waals surface area contributed by atoms with Crippen molar-refractivity contribution < 1.29 is 32.4 Å². The van der Waals surface area contributed by atoms with Crippen LogP contribution in [0.5, 0.6) is 0 Å². The third-order valence-electron chi connectivity index (χ3n) is 10.1. The highest BCUT2D eigenvalue weighted by molar-refractivity contribution is 7.91. The van der Waals surface area contributed by atoms with E-state index >= 15 is 0 Å². The zero-order chi connectivity index (χ0) is 35.3. The summed E-state index contributed by atoms with van der Waals surface area (Å²) in [5, 5.41) is 8.35. The molecule has 0 radical (unpaired) electrons. The molecule has 2 aliphatic carbocycles. The molecule has 4 rings (SSSR count). The van der Waals surface area contributed by atoms with Crippen LogP contribution in [0.15, 0.2) is 35.2 Å². The molecule has 1 aliphatic heterocycles. The smallest absolute Gasteiger partial charge is 0.315 e. The average Bonchev–Trinajstić information content (AvgIpc) is 3.81. The first-order chi connectivity index (χ1) is 21.6. The van der Waals surface area contributed by atoms with E-state index in [4.69, 9.17) is 5.73 Å². The first kappa shape index (κ1) is 36.4. The Labute approximate surface area is 278 Å². The molecule has 13 heteroatoms. The second-order valence-electron chi connectivity index (χ2n) is 16.3. The van der Waals surface area contributed by atoms with Crippen molar-refractivity contribution in [3.8, 4) is 0 Å². The van der Waals surface area contributed by atoms with Crippen LogP contribution in [-0.2, 0) is 29.0 Å². The lowest BCUT2D eigenvalue weighted by molar-refractivity contribution is -0.145. The van der Waals surface area contributed by atoms with E-state index in [0.29, 0.717) is 13.0 Å². The fraction of sp³-hybridized carbons (Fsp3) is 0.676. The van der Waals surface area contributed by atoms with Crippen molar-refractivity contribution in [1.29, 1.82) is 0 Å². The second-order valence-corrected chi connectivity index (χ2v) is 18.3. The number of nitrogens with one attached hydrogen (secondary N) is 3. The van der Waals surface area contributed by atoms with Crippen molar-refractivity contribution in [3.05, 3.63) is 30.3 Å². The molecule has 3 unspecified atom stereocenters. The number of amides is 5. The molecule has 0 bridgehead atoms. The van der Waals surface area contributed by atoms with Crippen LogP contribution in [0.3, 0.4) is 0 Å². The van der Waals surface area contributed by atoms with Gasteiger partial charge in [-0.1, -0.05) is 86.4 Å². The van der Waals surface area contributed by atoms with Gasteiger partial charge in [0.15, 0.2) is 9.84 Å². The Balaban J connectivity index is 1.54. The number of fused-ring (bicyclic) bond motifs is 1. The molecule has 0 aromatic heterocycles. The van der Waals surface area contributed by atoms with E-state index in [0.717, 1.165) is 12.8 Å². The minimum Gasteiger partial charge on any atom is -0.363 e. The van der Waals surface area contributed by atoms with Gasteiger partial charge in [0.2, 0.25) is 17.6 Å². The Morgan fingerprint density at radius 1 is 0.936 bits per heavy atom. The SMILES string of the molecule is CC(C)(C)C(CS(=O)(=O)c1ccccc1)NC(=O)N[C@H](C(=O)N1CC2[C@@H]([C@H]1C(=O)NC(CC1CC1)C(=O)C(N)=O)C2(C)C)C(C)(C)C. The van der Waals surface area contributed by atoms with Gasteiger partial charge in [-0.3, -0.25) is 19.2 Å². The number of nitrogens with two attached hydrogens (primary N) is 1. The second kappa shape index (κ2) is 12.9. The van der Waals surface area contributed by atoms with Crippen molar-refractivity contribution in [1.82, 2.24) is 20.9 Å². The van der Waals surface area contributed by atoms with Gasteiger partial charge in [-0.25, -0.2) is 13.2 Å². The van der Waals surface area contributed by atoms with Crippen molar-refractivity contribution >= 4 is 39.4 Å².